The molecule has 2 rings (SSSR count). The molecule has 2 aromatic rings. The van der Waals surface area contributed by atoms with Crippen LogP contribution in [0.1, 0.15) is 11.1 Å². The molecule has 0 bridgehead atoms. The van der Waals surface area contributed by atoms with Crippen LogP contribution < -0.4 is 10.6 Å². The van der Waals surface area contributed by atoms with E-state index in [0.717, 1.165) is 16.8 Å². The molecule has 0 saturated carbocycles. The number of anilines is 1. The Morgan fingerprint density at radius 2 is 1.95 bits per heavy atom. The highest BCUT2D eigenvalue weighted by atomic mass is 35.5. The predicted molar refractivity (Wildman–Crippen MR) is 83.5 cm³/mol. The summed E-state index contributed by atoms with van der Waals surface area (Å²) in [6.45, 7) is 2.31. The third kappa shape index (κ3) is 4.15. The number of halogens is 2. The highest BCUT2D eigenvalue weighted by Crippen LogP contribution is 2.20. The molecule has 2 N–H and O–H groups in total. The molecule has 0 saturated heterocycles. The molecule has 0 aromatic heterocycles. The largest absolute Gasteiger partial charge is 0.334 e. The summed E-state index contributed by atoms with van der Waals surface area (Å²) in [5.41, 5.74) is 2.66. The molecule has 2 aromatic carbocycles. The van der Waals surface area contributed by atoms with Gasteiger partial charge in [-0.2, -0.15) is 0 Å². The number of hydrogen-bond donors (Lipinski definition) is 2. The lowest BCUT2D eigenvalue weighted by Crippen LogP contribution is -2.28. The van der Waals surface area contributed by atoms with Gasteiger partial charge in [0.05, 0.1) is 0 Å². The Morgan fingerprint density at radius 1 is 1.15 bits per heavy atom. The number of carbonyl (C=O) groups excluding carboxylic acids is 1. The minimum atomic E-state index is -0.276. The van der Waals surface area contributed by atoms with Crippen LogP contribution in [0.2, 0.25) is 10.0 Å². The van der Waals surface area contributed by atoms with E-state index in [1.54, 1.807) is 18.2 Å². The Labute approximate surface area is 127 Å². The summed E-state index contributed by atoms with van der Waals surface area (Å²) in [4.78, 5) is 11.8. The van der Waals surface area contributed by atoms with E-state index < -0.39 is 0 Å². The van der Waals surface area contributed by atoms with Crippen molar-refractivity contribution in [2.24, 2.45) is 0 Å². The van der Waals surface area contributed by atoms with Crippen LogP contribution in [0.3, 0.4) is 0 Å². The zero-order valence-electron chi connectivity index (χ0n) is 10.9. The van der Waals surface area contributed by atoms with E-state index in [1.165, 1.54) is 0 Å². The number of hydrogen-bond acceptors (Lipinski definition) is 1. The first-order chi connectivity index (χ1) is 9.54. The number of nitrogens with one attached hydrogen (secondary N) is 2. The van der Waals surface area contributed by atoms with Crippen LogP contribution in [0.4, 0.5) is 10.5 Å². The van der Waals surface area contributed by atoms with E-state index in [2.05, 4.69) is 10.6 Å². The Hall–Kier alpha value is -1.71. The Kier molecular flexibility index (Phi) is 4.88. The molecule has 2 amide bonds. The van der Waals surface area contributed by atoms with Crippen molar-refractivity contribution in [3.63, 3.8) is 0 Å². The molecule has 0 spiro atoms. The van der Waals surface area contributed by atoms with Gasteiger partial charge in [0.1, 0.15) is 0 Å². The number of amides is 2. The number of urea groups is 1. The van der Waals surface area contributed by atoms with E-state index in [0.29, 0.717) is 16.6 Å². The van der Waals surface area contributed by atoms with Crippen molar-refractivity contribution in [3.05, 3.63) is 63.6 Å². The van der Waals surface area contributed by atoms with E-state index in [-0.39, 0.29) is 6.03 Å². The minimum Gasteiger partial charge on any atom is -0.334 e. The molecule has 0 unspecified atom stereocenters. The molecular formula is C15H14Cl2N2O. The maximum absolute atomic E-state index is 11.8. The molecule has 5 heteroatoms. The first-order valence-electron chi connectivity index (χ1n) is 6.10. The fraction of sp³-hybridized carbons (Fsp3) is 0.133. The summed E-state index contributed by atoms with van der Waals surface area (Å²) in [6, 6.07) is 12.5. The fourth-order valence-corrected chi connectivity index (χ4v) is 2.21. The van der Waals surface area contributed by atoms with Gasteiger partial charge in [-0.05, 0) is 42.3 Å². The topological polar surface area (TPSA) is 41.1 Å². The van der Waals surface area contributed by atoms with Crippen molar-refractivity contribution in [3.8, 4) is 0 Å². The minimum absolute atomic E-state index is 0.276. The third-order valence-electron chi connectivity index (χ3n) is 2.73. The molecular weight excluding hydrogens is 295 g/mol. The van der Waals surface area contributed by atoms with E-state index >= 15 is 0 Å². The third-order valence-corrected chi connectivity index (χ3v) is 3.32. The monoisotopic (exact) mass is 308 g/mol. The number of carbonyl (C=O) groups is 1. The summed E-state index contributed by atoms with van der Waals surface area (Å²) in [7, 11) is 0. The molecule has 104 valence electrons. The number of rotatable bonds is 3. The van der Waals surface area contributed by atoms with E-state index in [4.69, 9.17) is 23.2 Å². The van der Waals surface area contributed by atoms with Gasteiger partial charge in [-0.15, -0.1) is 0 Å². The van der Waals surface area contributed by atoms with Gasteiger partial charge in [0.25, 0.3) is 0 Å². The van der Waals surface area contributed by atoms with Gasteiger partial charge in [-0.1, -0.05) is 41.4 Å². The van der Waals surface area contributed by atoms with E-state index in [1.807, 2.05) is 31.2 Å². The number of benzene rings is 2. The van der Waals surface area contributed by atoms with Gasteiger partial charge >= 0.3 is 6.03 Å². The van der Waals surface area contributed by atoms with Crippen molar-refractivity contribution in [1.82, 2.24) is 5.32 Å². The summed E-state index contributed by atoms with van der Waals surface area (Å²) in [6.07, 6.45) is 0. The maximum Gasteiger partial charge on any atom is 0.319 e. The lowest BCUT2D eigenvalue weighted by atomic mass is 10.2. The molecule has 0 fully saturated rings. The zero-order chi connectivity index (χ0) is 14.5. The Bertz CT molecular complexity index is 629. The second-order valence-corrected chi connectivity index (χ2v) is 5.26. The predicted octanol–water partition coefficient (Wildman–Crippen LogP) is 4.62. The second kappa shape index (κ2) is 6.64. The Balaban J connectivity index is 1.92. The van der Waals surface area contributed by atoms with Crippen molar-refractivity contribution < 1.29 is 4.79 Å². The molecule has 3 nitrogen and oxygen atoms in total. The van der Waals surface area contributed by atoms with Crippen LogP contribution in [0.25, 0.3) is 0 Å². The summed E-state index contributed by atoms with van der Waals surface area (Å²) >= 11 is 11.9. The smallest absolute Gasteiger partial charge is 0.319 e. The lowest BCUT2D eigenvalue weighted by Gasteiger charge is -2.09. The summed E-state index contributed by atoms with van der Waals surface area (Å²) in [5.74, 6) is 0. The maximum atomic E-state index is 11.8. The molecule has 0 atom stereocenters. The lowest BCUT2D eigenvalue weighted by molar-refractivity contribution is 0.252. The second-order valence-electron chi connectivity index (χ2n) is 4.41. The van der Waals surface area contributed by atoms with Crippen LogP contribution in [0.15, 0.2) is 42.5 Å². The first kappa shape index (κ1) is 14.7. The van der Waals surface area contributed by atoms with Gasteiger partial charge in [0, 0.05) is 22.3 Å². The molecule has 0 aliphatic heterocycles. The molecule has 0 radical (unpaired) electrons. The van der Waals surface area contributed by atoms with Crippen molar-refractivity contribution in [1.29, 1.82) is 0 Å². The van der Waals surface area contributed by atoms with Crippen LogP contribution in [-0.4, -0.2) is 6.03 Å². The summed E-state index contributed by atoms with van der Waals surface area (Å²) < 4.78 is 0. The molecule has 20 heavy (non-hydrogen) atoms. The van der Waals surface area contributed by atoms with Gasteiger partial charge in [0.15, 0.2) is 0 Å². The van der Waals surface area contributed by atoms with Gasteiger partial charge in [-0.25, -0.2) is 4.79 Å². The fourth-order valence-electron chi connectivity index (χ4n) is 1.74. The van der Waals surface area contributed by atoms with E-state index in [9.17, 15) is 4.79 Å². The van der Waals surface area contributed by atoms with Crippen LogP contribution in [-0.2, 0) is 6.54 Å². The quantitative estimate of drug-likeness (QED) is 0.853. The number of aryl methyl sites for hydroxylation is 1. The molecule has 0 aliphatic carbocycles. The standard InChI is InChI=1S/C15H14Cl2N2O/c1-10-3-2-4-13(7-10)19-15(20)18-9-11-5-6-12(16)8-14(11)17/h2-8H,9H2,1H3,(H2,18,19,20). The highest BCUT2D eigenvalue weighted by molar-refractivity contribution is 6.35. The Morgan fingerprint density at radius 3 is 2.65 bits per heavy atom. The zero-order valence-corrected chi connectivity index (χ0v) is 12.4. The van der Waals surface area contributed by atoms with Gasteiger partial charge in [0.2, 0.25) is 0 Å². The van der Waals surface area contributed by atoms with Crippen molar-refractivity contribution >= 4 is 34.9 Å². The molecule has 0 heterocycles. The molecule has 0 aliphatic rings. The average molecular weight is 309 g/mol. The normalized spacial score (nSPS) is 10.2. The SMILES string of the molecule is Cc1cccc(NC(=O)NCc2ccc(Cl)cc2Cl)c1. The van der Waals surface area contributed by atoms with Crippen molar-refractivity contribution in [2.75, 3.05) is 5.32 Å². The summed E-state index contributed by atoms with van der Waals surface area (Å²) in [5, 5.41) is 6.62. The van der Waals surface area contributed by atoms with Gasteiger partial charge < -0.3 is 10.6 Å². The van der Waals surface area contributed by atoms with Crippen LogP contribution >= 0.6 is 23.2 Å². The van der Waals surface area contributed by atoms with Gasteiger partial charge in [-0.3, -0.25) is 0 Å². The van der Waals surface area contributed by atoms with Crippen molar-refractivity contribution in [2.45, 2.75) is 13.5 Å². The van der Waals surface area contributed by atoms with Crippen LogP contribution in [0.5, 0.6) is 0 Å². The highest BCUT2D eigenvalue weighted by Gasteiger charge is 2.05. The average Bonchev–Trinajstić information content (AvgIpc) is 2.37. The van der Waals surface area contributed by atoms with Crippen LogP contribution in [0, 0.1) is 6.92 Å². The first-order valence-corrected chi connectivity index (χ1v) is 6.85.